The Bertz CT molecular complexity index is 1270. The Morgan fingerprint density at radius 1 is 1.16 bits per heavy atom. The second-order valence-electron chi connectivity index (χ2n) is 11.4. The number of ketones is 4. The summed E-state index contributed by atoms with van der Waals surface area (Å²) in [6, 6.07) is 0.784. The summed E-state index contributed by atoms with van der Waals surface area (Å²) in [6.45, 7) is 0.498. The van der Waals surface area contributed by atoms with E-state index in [-0.39, 0.29) is 24.2 Å². The number of carbonyl (C=O) groups excluding carboxylic acids is 5. The zero-order valence-electron chi connectivity index (χ0n) is 21.9. The predicted molar refractivity (Wildman–Crippen MR) is 132 cm³/mol. The van der Waals surface area contributed by atoms with Crippen molar-refractivity contribution in [2.75, 3.05) is 28.3 Å². The molecule has 5 rings (SSSR count). The molecule has 0 heterocycles. The maximum Gasteiger partial charge on any atom is 0.235 e. The van der Waals surface area contributed by atoms with Crippen molar-refractivity contribution in [3.8, 4) is 11.5 Å². The number of primary amides is 1. The molecule has 0 saturated heterocycles. The van der Waals surface area contributed by atoms with Gasteiger partial charge in [-0.2, -0.15) is 0 Å². The number of hydrogen-bond donors (Lipinski definition) is 3. The van der Waals surface area contributed by atoms with Gasteiger partial charge < -0.3 is 20.7 Å². The number of phenolic OH excluding ortho intramolecular Hbond substituents is 1. The molecule has 0 radical (unpaired) electrons. The number of aromatic hydroxyl groups is 1. The summed E-state index contributed by atoms with van der Waals surface area (Å²) in [4.78, 5) is 69.8. The molecule has 1 aromatic rings. The lowest BCUT2D eigenvalue weighted by Crippen LogP contribution is -2.74. The average molecular weight is 528 g/mol. The summed E-state index contributed by atoms with van der Waals surface area (Å²) in [5, 5.41) is 22.6. The Kier molecular flexibility index (Phi) is 6.24. The summed E-state index contributed by atoms with van der Waals surface area (Å²) in [5.74, 6) is -10.1. The first-order valence-corrected chi connectivity index (χ1v) is 12.8. The highest BCUT2D eigenvalue weighted by atomic mass is 16.5. The number of Topliss-reactive ketones (excluding diaryl/α,β-unsaturated/α-hetero) is 4. The van der Waals surface area contributed by atoms with Crippen LogP contribution in [0.5, 0.6) is 11.5 Å². The van der Waals surface area contributed by atoms with Crippen molar-refractivity contribution >= 4 is 29.0 Å². The second kappa shape index (κ2) is 8.96. The Labute approximate surface area is 219 Å². The van der Waals surface area contributed by atoms with Gasteiger partial charge in [-0.3, -0.25) is 33.8 Å². The first kappa shape index (κ1) is 26.5. The zero-order valence-corrected chi connectivity index (χ0v) is 21.9. The smallest absolute Gasteiger partial charge is 0.235 e. The normalized spacial score (nSPS) is 32.8. The van der Waals surface area contributed by atoms with Gasteiger partial charge in [0.25, 0.3) is 0 Å². The fourth-order valence-corrected chi connectivity index (χ4v) is 7.00. The highest BCUT2D eigenvalue weighted by Crippen LogP contribution is 2.52. The Morgan fingerprint density at radius 2 is 1.82 bits per heavy atom. The molecule has 11 nitrogen and oxygen atoms in total. The van der Waals surface area contributed by atoms with Crippen LogP contribution < -0.4 is 10.5 Å². The fraction of sp³-hybridized carbons (Fsp3) is 0.593. The van der Waals surface area contributed by atoms with Gasteiger partial charge in [-0.1, -0.05) is 0 Å². The van der Waals surface area contributed by atoms with E-state index in [1.54, 1.807) is 14.1 Å². The number of rotatable bonds is 6. The fourth-order valence-electron chi connectivity index (χ4n) is 7.00. The van der Waals surface area contributed by atoms with Crippen LogP contribution in [0.3, 0.4) is 0 Å². The molecule has 0 bridgehead atoms. The van der Waals surface area contributed by atoms with Crippen LogP contribution in [0.15, 0.2) is 6.07 Å². The highest BCUT2D eigenvalue weighted by Gasteiger charge is 2.69. The quantitative estimate of drug-likeness (QED) is 0.409. The maximum absolute atomic E-state index is 13.9. The van der Waals surface area contributed by atoms with Crippen LogP contribution in [0, 0.1) is 23.7 Å². The van der Waals surface area contributed by atoms with Crippen molar-refractivity contribution in [1.82, 2.24) is 9.80 Å². The topological polar surface area (TPSA) is 168 Å². The molecule has 0 aromatic heterocycles. The lowest BCUT2D eigenvalue weighted by molar-refractivity contribution is -0.181. The van der Waals surface area contributed by atoms with Crippen molar-refractivity contribution in [3.63, 3.8) is 0 Å². The molecule has 38 heavy (non-hydrogen) atoms. The minimum absolute atomic E-state index is 0.0000158. The van der Waals surface area contributed by atoms with E-state index in [4.69, 9.17) is 10.5 Å². The van der Waals surface area contributed by atoms with Gasteiger partial charge in [0, 0.05) is 29.6 Å². The molecule has 11 heteroatoms. The number of amides is 1. The van der Waals surface area contributed by atoms with Gasteiger partial charge in [0.1, 0.15) is 11.5 Å². The van der Waals surface area contributed by atoms with E-state index in [0.29, 0.717) is 29.5 Å². The number of ether oxygens (including phenoxy) is 1. The number of carbonyl (C=O) groups is 5. The first-order chi connectivity index (χ1) is 17.8. The van der Waals surface area contributed by atoms with Gasteiger partial charge in [-0.15, -0.1) is 0 Å². The Hall–Kier alpha value is -3.15. The molecule has 3 fully saturated rings. The van der Waals surface area contributed by atoms with Crippen LogP contribution in [0.2, 0.25) is 0 Å². The minimum Gasteiger partial charge on any atom is -0.507 e. The third kappa shape index (κ3) is 3.63. The van der Waals surface area contributed by atoms with Crippen molar-refractivity contribution < 1.29 is 38.9 Å². The summed E-state index contributed by atoms with van der Waals surface area (Å²) in [7, 11) is 6.57. The predicted octanol–water partition coefficient (Wildman–Crippen LogP) is -0.530. The average Bonchev–Trinajstić information content (AvgIpc) is 3.66. The number of benzene rings is 1. The molecule has 1 amide bonds. The van der Waals surface area contributed by atoms with Crippen LogP contribution in [0.25, 0.3) is 0 Å². The van der Waals surface area contributed by atoms with Gasteiger partial charge in [0.2, 0.25) is 5.91 Å². The molecule has 204 valence electrons. The number of nitrogens with two attached hydrogens (primary N) is 1. The monoisotopic (exact) mass is 527 g/mol. The van der Waals surface area contributed by atoms with Gasteiger partial charge in [0.15, 0.2) is 34.7 Å². The number of nitrogens with zero attached hydrogens (tertiary/aromatic N) is 2. The SMILES string of the molecule is COc1c(CN(C)C2CC2)cc(O)c2c1C[C@H]1C[C@H]3[C@H](N(C)C)C(=O)C(C(N)=O)C(=O)[C@@]3(O)C(=O)C1C2=O. The van der Waals surface area contributed by atoms with Crippen LogP contribution in [-0.4, -0.2) is 95.0 Å². The molecule has 1 aromatic carbocycles. The van der Waals surface area contributed by atoms with Crippen molar-refractivity contribution in [3.05, 3.63) is 22.8 Å². The van der Waals surface area contributed by atoms with E-state index in [9.17, 15) is 34.2 Å². The summed E-state index contributed by atoms with van der Waals surface area (Å²) in [5.41, 5.74) is 3.73. The van der Waals surface area contributed by atoms with Crippen molar-refractivity contribution in [2.24, 2.45) is 29.4 Å². The largest absolute Gasteiger partial charge is 0.507 e. The molecular formula is C27H33N3O8. The molecular weight excluding hydrogens is 494 g/mol. The van der Waals surface area contributed by atoms with Gasteiger partial charge in [-0.05, 0) is 58.8 Å². The number of hydrogen-bond acceptors (Lipinski definition) is 10. The standard InChI is InChI=1S/C27H33N3O8/c1-29(2)20-15-8-11-7-14-18(16(31)9-12(23(14)38-4)10-30(3)13-5-6-13)21(32)17(11)24(34)27(15,37)25(35)19(22(20)33)26(28)36/h9,11,13,15,17,19-20,31,37H,5-8,10H2,1-4H3,(H2,28,36)/t11-,15-,17?,19?,20-,27-/m0/s1. The number of likely N-dealkylation sites (N-methyl/N-ethyl adjacent to an activating group) is 1. The first-order valence-electron chi connectivity index (χ1n) is 12.8. The van der Waals surface area contributed by atoms with E-state index < -0.39 is 64.4 Å². The number of fused-ring (bicyclic) bond motifs is 3. The number of phenols is 1. The van der Waals surface area contributed by atoms with Gasteiger partial charge in [-0.25, -0.2) is 0 Å². The third-order valence-electron chi connectivity index (χ3n) is 8.88. The van der Waals surface area contributed by atoms with E-state index in [2.05, 4.69) is 4.90 Å². The molecule has 0 aliphatic heterocycles. The molecule has 3 saturated carbocycles. The van der Waals surface area contributed by atoms with Gasteiger partial charge >= 0.3 is 0 Å². The van der Waals surface area contributed by atoms with Crippen LogP contribution in [-0.2, 0) is 32.1 Å². The summed E-state index contributed by atoms with van der Waals surface area (Å²) >= 11 is 0. The lowest BCUT2D eigenvalue weighted by atomic mass is 9.52. The minimum atomic E-state index is -2.73. The van der Waals surface area contributed by atoms with Crippen molar-refractivity contribution in [1.29, 1.82) is 0 Å². The highest BCUT2D eigenvalue weighted by molar-refractivity contribution is 6.32. The molecule has 4 N–H and O–H groups in total. The Morgan fingerprint density at radius 3 is 2.37 bits per heavy atom. The number of methoxy groups -OCH3 is 1. The maximum atomic E-state index is 13.9. The van der Waals surface area contributed by atoms with Crippen LogP contribution in [0.1, 0.15) is 40.7 Å². The molecule has 0 spiro atoms. The summed E-state index contributed by atoms with van der Waals surface area (Å²) in [6.07, 6.45) is 2.35. The van der Waals surface area contributed by atoms with E-state index >= 15 is 0 Å². The molecule has 4 aliphatic carbocycles. The molecule has 6 atom stereocenters. The Balaban J connectivity index is 1.60. The van der Waals surface area contributed by atoms with Crippen LogP contribution in [0.4, 0.5) is 0 Å². The van der Waals surface area contributed by atoms with Crippen LogP contribution >= 0.6 is 0 Å². The third-order valence-corrected chi connectivity index (χ3v) is 8.88. The van der Waals surface area contributed by atoms with E-state index in [1.807, 2.05) is 7.05 Å². The van der Waals surface area contributed by atoms with Crippen molar-refractivity contribution in [2.45, 2.75) is 49.9 Å². The lowest BCUT2D eigenvalue weighted by Gasteiger charge is -2.52. The zero-order chi connectivity index (χ0) is 27.8. The molecule has 2 unspecified atom stereocenters. The van der Waals surface area contributed by atoms with Gasteiger partial charge in [0.05, 0.1) is 24.6 Å². The van der Waals surface area contributed by atoms with E-state index in [0.717, 1.165) is 12.8 Å². The summed E-state index contributed by atoms with van der Waals surface area (Å²) < 4.78 is 5.72. The second-order valence-corrected chi connectivity index (χ2v) is 11.4. The molecule has 4 aliphatic rings. The number of aliphatic hydroxyl groups is 1. The van der Waals surface area contributed by atoms with E-state index in [1.165, 1.54) is 18.1 Å².